The molecule has 0 saturated heterocycles. The average Bonchev–Trinajstić information content (AvgIpc) is 2.46. The molecule has 1 aliphatic rings. The van der Waals surface area contributed by atoms with Gasteiger partial charge in [0.05, 0.1) is 0 Å². The van der Waals surface area contributed by atoms with Gasteiger partial charge in [-0.1, -0.05) is 37.6 Å². The Labute approximate surface area is 115 Å². The number of hydrogen-bond acceptors (Lipinski definition) is 2. The van der Waals surface area contributed by atoms with Crippen molar-refractivity contribution < 1.29 is 4.79 Å². The molecular formula is C16H24N2O. The molecule has 3 heteroatoms. The topological polar surface area (TPSA) is 55.1 Å². The SMILES string of the molecule is CCCC(CN)NC(=O)C1CCc2ccccc2C1. The summed E-state index contributed by atoms with van der Waals surface area (Å²) in [6, 6.07) is 8.57. The summed E-state index contributed by atoms with van der Waals surface area (Å²) < 4.78 is 0. The minimum Gasteiger partial charge on any atom is -0.352 e. The molecule has 0 bridgehead atoms. The number of rotatable bonds is 5. The maximum atomic E-state index is 12.3. The molecule has 1 aromatic rings. The Hall–Kier alpha value is -1.35. The van der Waals surface area contributed by atoms with Gasteiger partial charge in [-0.05, 0) is 36.8 Å². The second-order valence-corrected chi connectivity index (χ2v) is 5.44. The van der Waals surface area contributed by atoms with Gasteiger partial charge >= 0.3 is 0 Å². The molecule has 1 aliphatic carbocycles. The first-order chi connectivity index (χ1) is 9.24. The fraction of sp³-hybridized carbons (Fsp3) is 0.562. The standard InChI is InChI=1S/C16H24N2O/c1-2-5-15(11-17)18-16(19)14-9-8-12-6-3-4-7-13(12)10-14/h3-4,6-7,14-15H,2,5,8-11,17H2,1H3,(H,18,19). The van der Waals surface area contributed by atoms with Crippen molar-refractivity contribution in [2.75, 3.05) is 6.54 Å². The molecule has 104 valence electrons. The predicted octanol–water partition coefficient (Wildman–Crippen LogP) is 2.04. The molecule has 2 rings (SSSR count). The first-order valence-corrected chi connectivity index (χ1v) is 7.31. The summed E-state index contributed by atoms with van der Waals surface area (Å²) in [4.78, 5) is 12.3. The van der Waals surface area contributed by atoms with Crippen LogP contribution >= 0.6 is 0 Å². The Morgan fingerprint density at radius 2 is 2.16 bits per heavy atom. The molecule has 0 spiro atoms. The highest BCUT2D eigenvalue weighted by Gasteiger charge is 2.25. The Morgan fingerprint density at radius 1 is 1.42 bits per heavy atom. The van der Waals surface area contributed by atoms with E-state index in [9.17, 15) is 4.79 Å². The Kier molecular flexibility index (Phi) is 4.97. The van der Waals surface area contributed by atoms with Crippen LogP contribution in [0, 0.1) is 5.92 Å². The van der Waals surface area contributed by atoms with E-state index < -0.39 is 0 Å². The summed E-state index contributed by atoms with van der Waals surface area (Å²) in [5.74, 6) is 0.291. The smallest absolute Gasteiger partial charge is 0.223 e. The van der Waals surface area contributed by atoms with Gasteiger partial charge in [0.15, 0.2) is 0 Å². The van der Waals surface area contributed by atoms with E-state index in [1.165, 1.54) is 11.1 Å². The van der Waals surface area contributed by atoms with Gasteiger partial charge in [-0.25, -0.2) is 0 Å². The maximum absolute atomic E-state index is 12.3. The van der Waals surface area contributed by atoms with E-state index >= 15 is 0 Å². The monoisotopic (exact) mass is 260 g/mol. The van der Waals surface area contributed by atoms with E-state index in [2.05, 4.69) is 36.5 Å². The van der Waals surface area contributed by atoms with Crippen LogP contribution in [0.5, 0.6) is 0 Å². The number of fused-ring (bicyclic) bond motifs is 1. The highest BCUT2D eigenvalue weighted by molar-refractivity contribution is 5.79. The van der Waals surface area contributed by atoms with E-state index in [0.29, 0.717) is 6.54 Å². The molecule has 3 nitrogen and oxygen atoms in total. The largest absolute Gasteiger partial charge is 0.352 e. The zero-order valence-electron chi connectivity index (χ0n) is 11.7. The van der Waals surface area contributed by atoms with Crippen LogP contribution in [0.15, 0.2) is 24.3 Å². The van der Waals surface area contributed by atoms with Crippen molar-refractivity contribution in [1.29, 1.82) is 0 Å². The molecule has 0 radical (unpaired) electrons. The molecule has 0 fully saturated rings. The van der Waals surface area contributed by atoms with Gasteiger partial charge in [0.2, 0.25) is 5.91 Å². The molecule has 2 atom stereocenters. The van der Waals surface area contributed by atoms with Crippen LogP contribution in [0.3, 0.4) is 0 Å². The van der Waals surface area contributed by atoms with Gasteiger partial charge in [0, 0.05) is 18.5 Å². The quantitative estimate of drug-likeness (QED) is 0.851. The van der Waals surface area contributed by atoms with E-state index in [-0.39, 0.29) is 17.9 Å². The van der Waals surface area contributed by atoms with Crippen LogP contribution in [0.4, 0.5) is 0 Å². The summed E-state index contributed by atoms with van der Waals surface area (Å²) in [5, 5.41) is 3.10. The molecule has 2 unspecified atom stereocenters. The average molecular weight is 260 g/mol. The molecule has 3 N–H and O–H groups in total. The molecule has 0 heterocycles. The van der Waals surface area contributed by atoms with Crippen LogP contribution in [-0.2, 0) is 17.6 Å². The Bertz CT molecular complexity index is 431. The van der Waals surface area contributed by atoms with Crippen molar-refractivity contribution in [3.8, 4) is 0 Å². The summed E-state index contributed by atoms with van der Waals surface area (Å²) in [6.07, 6.45) is 4.84. The molecule has 0 aromatic heterocycles. The van der Waals surface area contributed by atoms with E-state index in [1.54, 1.807) is 0 Å². The summed E-state index contributed by atoms with van der Waals surface area (Å²) in [5.41, 5.74) is 8.42. The van der Waals surface area contributed by atoms with Crippen LogP contribution in [0.2, 0.25) is 0 Å². The zero-order valence-corrected chi connectivity index (χ0v) is 11.7. The Morgan fingerprint density at radius 3 is 2.84 bits per heavy atom. The van der Waals surface area contributed by atoms with E-state index in [1.807, 2.05) is 0 Å². The first kappa shape index (κ1) is 14.1. The van der Waals surface area contributed by atoms with Gasteiger partial charge in [-0.2, -0.15) is 0 Å². The lowest BCUT2D eigenvalue weighted by Gasteiger charge is -2.26. The highest BCUT2D eigenvalue weighted by Crippen LogP contribution is 2.25. The number of nitrogens with one attached hydrogen (secondary N) is 1. The predicted molar refractivity (Wildman–Crippen MR) is 77.9 cm³/mol. The molecule has 19 heavy (non-hydrogen) atoms. The van der Waals surface area contributed by atoms with Crippen molar-refractivity contribution in [1.82, 2.24) is 5.32 Å². The minimum atomic E-state index is 0.112. The molecule has 0 saturated carbocycles. The van der Waals surface area contributed by atoms with Gasteiger partial charge in [-0.15, -0.1) is 0 Å². The van der Waals surface area contributed by atoms with Gasteiger partial charge in [0.25, 0.3) is 0 Å². The number of nitrogens with two attached hydrogens (primary N) is 1. The summed E-state index contributed by atoms with van der Waals surface area (Å²) in [7, 11) is 0. The molecule has 1 amide bonds. The third-order valence-electron chi connectivity index (χ3n) is 3.99. The van der Waals surface area contributed by atoms with Crippen molar-refractivity contribution in [2.24, 2.45) is 11.7 Å². The number of benzene rings is 1. The van der Waals surface area contributed by atoms with Crippen molar-refractivity contribution in [3.63, 3.8) is 0 Å². The summed E-state index contributed by atoms with van der Waals surface area (Å²) in [6.45, 7) is 2.65. The van der Waals surface area contributed by atoms with Crippen molar-refractivity contribution in [3.05, 3.63) is 35.4 Å². The fourth-order valence-electron chi connectivity index (χ4n) is 2.84. The lowest BCUT2D eigenvalue weighted by atomic mass is 9.83. The van der Waals surface area contributed by atoms with Crippen LogP contribution in [0.25, 0.3) is 0 Å². The van der Waals surface area contributed by atoms with Crippen molar-refractivity contribution >= 4 is 5.91 Å². The third-order valence-corrected chi connectivity index (χ3v) is 3.99. The maximum Gasteiger partial charge on any atom is 0.223 e. The van der Waals surface area contributed by atoms with Gasteiger partial charge in [-0.3, -0.25) is 4.79 Å². The minimum absolute atomic E-state index is 0.112. The second-order valence-electron chi connectivity index (χ2n) is 5.44. The van der Waals surface area contributed by atoms with E-state index in [4.69, 9.17) is 5.73 Å². The molecule has 0 aliphatic heterocycles. The number of carbonyl (C=O) groups excluding carboxylic acids is 1. The lowest BCUT2D eigenvalue weighted by molar-refractivity contribution is -0.126. The highest BCUT2D eigenvalue weighted by atomic mass is 16.1. The number of amides is 1. The second kappa shape index (κ2) is 6.71. The van der Waals surface area contributed by atoms with Crippen molar-refractivity contribution in [2.45, 2.75) is 45.1 Å². The fourth-order valence-corrected chi connectivity index (χ4v) is 2.84. The van der Waals surface area contributed by atoms with Gasteiger partial charge in [0.1, 0.15) is 0 Å². The number of hydrogen-bond donors (Lipinski definition) is 2. The number of aryl methyl sites for hydroxylation is 1. The van der Waals surface area contributed by atoms with E-state index in [0.717, 1.165) is 32.1 Å². The number of carbonyl (C=O) groups is 1. The molecule has 1 aromatic carbocycles. The normalized spacial score (nSPS) is 19.6. The van der Waals surface area contributed by atoms with Crippen LogP contribution in [-0.4, -0.2) is 18.5 Å². The Balaban J connectivity index is 1.95. The molecular weight excluding hydrogens is 236 g/mol. The van der Waals surface area contributed by atoms with Crippen LogP contribution in [0.1, 0.15) is 37.3 Å². The third kappa shape index (κ3) is 3.57. The zero-order chi connectivity index (χ0) is 13.7. The van der Waals surface area contributed by atoms with Gasteiger partial charge < -0.3 is 11.1 Å². The first-order valence-electron chi connectivity index (χ1n) is 7.31. The lowest BCUT2D eigenvalue weighted by Crippen LogP contribution is -2.44. The summed E-state index contributed by atoms with van der Waals surface area (Å²) >= 11 is 0. The van der Waals surface area contributed by atoms with Crippen LogP contribution < -0.4 is 11.1 Å².